The molecule has 0 radical (unpaired) electrons. The first kappa shape index (κ1) is 12.1. The van der Waals surface area contributed by atoms with Crippen molar-refractivity contribution in [3.63, 3.8) is 0 Å². The van der Waals surface area contributed by atoms with Crippen molar-refractivity contribution >= 4 is 34.2 Å². The molecular weight excluding hydrogens is 289 g/mol. The van der Waals surface area contributed by atoms with Crippen molar-refractivity contribution in [3.8, 4) is 0 Å². The average Bonchev–Trinajstić information content (AvgIpc) is 2.86. The predicted octanol–water partition coefficient (Wildman–Crippen LogP) is 1.87. The van der Waals surface area contributed by atoms with Gasteiger partial charge in [-0.05, 0) is 23.8 Å². The normalized spacial score (nSPS) is 11.1. The monoisotopic (exact) mass is 295 g/mol. The Bertz CT molecular complexity index is 810. The molecule has 1 aromatic carbocycles. The Hall–Kier alpha value is -1.92. The molecule has 3 rings (SSSR count). The summed E-state index contributed by atoms with van der Waals surface area (Å²) in [6.07, 6.45) is 1.44. The number of hydrogen-bond acceptors (Lipinski definition) is 4. The van der Waals surface area contributed by atoms with E-state index in [2.05, 4.69) is 20.5 Å². The maximum absolute atomic E-state index is 12.1. The Labute approximate surface area is 117 Å². The van der Waals surface area contributed by atoms with Gasteiger partial charge < -0.3 is 0 Å². The fourth-order valence-electron chi connectivity index (χ4n) is 1.71. The van der Waals surface area contributed by atoms with E-state index in [0.717, 1.165) is 0 Å². The minimum absolute atomic E-state index is 0.195. The van der Waals surface area contributed by atoms with Crippen LogP contribution in [0.25, 0.3) is 11.0 Å². The second kappa shape index (κ2) is 4.64. The molecule has 0 saturated carbocycles. The molecule has 0 amide bonds. The van der Waals surface area contributed by atoms with Gasteiger partial charge in [-0.1, -0.05) is 28.4 Å². The standard InChI is InChI=1S/C11H7Cl2N5O/c12-7-1-2-8(13)6(3-7)5-18-11(19)10-9(15-17-18)4-14-16-10/h1-4H,5H2,(H,14,16). The molecule has 0 fully saturated rings. The summed E-state index contributed by atoms with van der Waals surface area (Å²) in [7, 11) is 0. The lowest BCUT2D eigenvalue weighted by molar-refractivity contribution is 0.600. The van der Waals surface area contributed by atoms with Crippen LogP contribution in [0.15, 0.2) is 29.2 Å². The first-order chi connectivity index (χ1) is 9.15. The van der Waals surface area contributed by atoms with Gasteiger partial charge in [0.1, 0.15) is 5.52 Å². The second-order valence-corrected chi connectivity index (χ2v) is 4.76. The van der Waals surface area contributed by atoms with E-state index in [4.69, 9.17) is 23.2 Å². The molecule has 0 unspecified atom stereocenters. The van der Waals surface area contributed by atoms with E-state index in [1.165, 1.54) is 10.9 Å². The molecule has 0 spiro atoms. The summed E-state index contributed by atoms with van der Waals surface area (Å²) >= 11 is 12.0. The van der Waals surface area contributed by atoms with Crippen LogP contribution in [0.5, 0.6) is 0 Å². The van der Waals surface area contributed by atoms with Gasteiger partial charge in [0.2, 0.25) is 0 Å². The molecule has 0 saturated heterocycles. The van der Waals surface area contributed by atoms with E-state index in [9.17, 15) is 4.79 Å². The van der Waals surface area contributed by atoms with Crippen LogP contribution in [-0.4, -0.2) is 25.2 Å². The number of fused-ring (bicyclic) bond motifs is 1. The maximum atomic E-state index is 12.1. The number of benzene rings is 1. The number of aromatic amines is 1. The highest BCUT2D eigenvalue weighted by Gasteiger charge is 2.09. The maximum Gasteiger partial charge on any atom is 0.295 e. The zero-order valence-electron chi connectivity index (χ0n) is 9.47. The van der Waals surface area contributed by atoms with Crippen LogP contribution in [0.3, 0.4) is 0 Å². The van der Waals surface area contributed by atoms with Crippen molar-refractivity contribution in [1.29, 1.82) is 0 Å². The molecule has 96 valence electrons. The highest BCUT2D eigenvalue weighted by atomic mass is 35.5. The molecule has 1 N–H and O–H groups in total. The topological polar surface area (TPSA) is 76.5 Å². The molecule has 2 aromatic heterocycles. The quantitative estimate of drug-likeness (QED) is 0.783. The number of halogens is 2. The number of hydrogen-bond donors (Lipinski definition) is 1. The van der Waals surface area contributed by atoms with Gasteiger partial charge in [0.15, 0.2) is 5.52 Å². The summed E-state index contributed by atoms with van der Waals surface area (Å²) in [5, 5.41) is 15.1. The summed E-state index contributed by atoms with van der Waals surface area (Å²) in [5.41, 5.74) is 1.13. The Morgan fingerprint density at radius 3 is 3.00 bits per heavy atom. The highest BCUT2D eigenvalue weighted by molar-refractivity contribution is 6.33. The Balaban J connectivity index is 2.08. The summed E-state index contributed by atoms with van der Waals surface area (Å²) in [4.78, 5) is 12.1. The van der Waals surface area contributed by atoms with Gasteiger partial charge in [-0.3, -0.25) is 9.89 Å². The Kier molecular flexibility index (Phi) is 2.96. The Morgan fingerprint density at radius 1 is 1.32 bits per heavy atom. The van der Waals surface area contributed by atoms with E-state index in [0.29, 0.717) is 26.6 Å². The van der Waals surface area contributed by atoms with Crippen molar-refractivity contribution in [2.24, 2.45) is 0 Å². The van der Waals surface area contributed by atoms with Gasteiger partial charge >= 0.3 is 0 Å². The molecule has 0 bridgehead atoms. The summed E-state index contributed by atoms with van der Waals surface area (Å²) < 4.78 is 1.21. The molecule has 6 nitrogen and oxygen atoms in total. The fourth-order valence-corrected chi connectivity index (χ4v) is 2.09. The van der Waals surface area contributed by atoms with E-state index in [1.807, 2.05) is 0 Å². The van der Waals surface area contributed by atoms with Crippen LogP contribution in [-0.2, 0) is 6.54 Å². The average molecular weight is 296 g/mol. The van der Waals surface area contributed by atoms with Crippen LogP contribution >= 0.6 is 23.2 Å². The van der Waals surface area contributed by atoms with E-state index in [-0.39, 0.29) is 12.1 Å². The molecular formula is C11H7Cl2N5O. The minimum atomic E-state index is -0.307. The van der Waals surface area contributed by atoms with Crippen LogP contribution in [0.1, 0.15) is 5.56 Å². The van der Waals surface area contributed by atoms with Crippen molar-refractivity contribution in [1.82, 2.24) is 25.2 Å². The second-order valence-electron chi connectivity index (χ2n) is 3.92. The number of H-pyrrole nitrogens is 1. The van der Waals surface area contributed by atoms with Crippen LogP contribution in [0.4, 0.5) is 0 Å². The van der Waals surface area contributed by atoms with Gasteiger partial charge in [0.25, 0.3) is 5.56 Å². The molecule has 0 aliphatic heterocycles. The first-order valence-corrected chi connectivity index (χ1v) is 6.11. The minimum Gasteiger partial charge on any atom is -0.271 e. The van der Waals surface area contributed by atoms with Crippen LogP contribution < -0.4 is 5.56 Å². The zero-order valence-corrected chi connectivity index (χ0v) is 11.0. The van der Waals surface area contributed by atoms with E-state index in [1.54, 1.807) is 18.2 Å². The summed E-state index contributed by atoms with van der Waals surface area (Å²) in [5.74, 6) is 0. The zero-order chi connectivity index (χ0) is 13.4. The van der Waals surface area contributed by atoms with E-state index < -0.39 is 0 Å². The lowest BCUT2D eigenvalue weighted by Crippen LogP contribution is -2.24. The van der Waals surface area contributed by atoms with Gasteiger partial charge in [-0.15, -0.1) is 5.10 Å². The lowest BCUT2D eigenvalue weighted by atomic mass is 10.2. The third-order valence-electron chi connectivity index (χ3n) is 2.66. The molecule has 0 aliphatic rings. The highest BCUT2D eigenvalue weighted by Crippen LogP contribution is 2.20. The fraction of sp³-hybridized carbons (Fsp3) is 0.0909. The van der Waals surface area contributed by atoms with Gasteiger partial charge in [-0.2, -0.15) is 5.10 Å². The lowest BCUT2D eigenvalue weighted by Gasteiger charge is -2.06. The van der Waals surface area contributed by atoms with Crippen molar-refractivity contribution in [2.75, 3.05) is 0 Å². The predicted molar refractivity (Wildman–Crippen MR) is 71.5 cm³/mol. The number of nitrogens with zero attached hydrogens (tertiary/aromatic N) is 4. The number of rotatable bonds is 2. The van der Waals surface area contributed by atoms with Crippen molar-refractivity contribution < 1.29 is 0 Å². The third kappa shape index (κ3) is 2.20. The molecule has 19 heavy (non-hydrogen) atoms. The smallest absolute Gasteiger partial charge is 0.271 e. The Morgan fingerprint density at radius 2 is 2.16 bits per heavy atom. The summed E-state index contributed by atoms with van der Waals surface area (Å²) in [6, 6.07) is 5.04. The molecule has 3 aromatic rings. The third-order valence-corrected chi connectivity index (χ3v) is 3.26. The number of aromatic nitrogens is 5. The largest absolute Gasteiger partial charge is 0.295 e. The van der Waals surface area contributed by atoms with Crippen molar-refractivity contribution in [3.05, 3.63) is 50.4 Å². The summed E-state index contributed by atoms with van der Waals surface area (Å²) in [6.45, 7) is 0.195. The molecule has 0 aliphatic carbocycles. The van der Waals surface area contributed by atoms with E-state index >= 15 is 0 Å². The first-order valence-electron chi connectivity index (χ1n) is 5.36. The molecule has 2 heterocycles. The van der Waals surface area contributed by atoms with Crippen molar-refractivity contribution in [2.45, 2.75) is 6.54 Å². The number of nitrogens with one attached hydrogen (secondary N) is 1. The van der Waals surface area contributed by atoms with Gasteiger partial charge in [0, 0.05) is 10.0 Å². The van der Waals surface area contributed by atoms with Gasteiger partial charge in [0.05, 0.1) is 12.7 Å². The van der Waals surface area contributed by atoms with Gasteiger partial charge in [-0.25, -0.2) is 4.68 Å². The molecule has 0 atom stereocenters. The SMILES string of the molecule is O=c1c2[nH]ncc2nnn1Cc1cc(Cl)ccc1Cl. The van der Waals surface area contributed by atoms with Crippen LogP contribution in [0.2, 0.25) is 10.0 Å². The molecule has 8 heteroatoms. The van der Waals surface area contributed by atoms with Crippen LogP contribution in [0, 0.1) is 0 Å².